The van der Waals surface area contributed by atoms with Gasteiger partial charge in [-0.1, -0.05) is 41.9 Å². The summed E-state index contributed by atoms with van der Waals surface area (Å²) in [7, 11) is 1.54. The summed E-state index contributed by atoms with van der Waals surface area (Å²) in [5, 5.41) is 4.12. The minimum atomic E-state index is -0.184. The van der Waals surface area contributed by atoms with Crippen LogP contribution in [0.1, 0.15) is 11.1 Å². The molecule has 26 heavy (non-hydrogen) atoms. The van der Waals surface area contributed by atoms with Crippen LogP contribution in [-0.2, 0) is 17.6 Å². The van der Waals surface area contributed by atoms with Crippen molar-refractivity contribution < 1.29 is 9.53 Å². The second-order valence-electron chi connectivity index (χ2n) is 5.96. The Kier molecular flexibility index (Phi) is 5.58. The van der Waals surface area contributed by atoms with Gasteiger partial charge in [-0.05, 0) is 30.2 Å². The van der Waals surface area contributed by atoms with Crippen LogP contribution in [0, 0.1) is 0 Å². The smallest absolute Gasteiger partial charge is 0.251 e. The average molecular weight is 371 g/mol. The SMILES string of the molecule is COc1cc2cc(CCNC(=O)Cc3ccccc3)c(=O)[nH]c2cc1Cl. The van der Waals surface area contributed by atoms with Crippen LogP contribution in [0.15, 0.2) is 53.3 Å². The molecule has 1 amide bonds. The minimum absolute atomic E-state index is 0.0677. The maximum Gasteiger partial charge on any atom is 0.251 e. The number of methoxy groups -OCH3 is 1. The number of aromatic amines is 1. The largest absolute Gasteiger partial charge is 0.495 e. The Morgan fingerprint density at radius 2 is 1.96 bits per heavy atom. The maximum atomic E-state index is 12.2. The van der Waals surface area contributed by atoms with Crippen molar-refractivity contribution in [1.29, 1.82) is 0 Å². The average Bonchev–Trinajstić information content (AvgIpc) is 2.63. The van der Waals surface area contributed by atoms with Crippen molar-refractivity contribution in [3.8, 4) is 5.75 Å². The summed E-state index contributed by atoms with van der Waals surface area (Å²) in [6, 6.07) is 14.8. The summed E-state index contributed by atoms with van der Waals surface area (Å²) in [6.45, 7) is 0.394. The first-order valence-electron chi connectivity index (χ1n) is 8.27. The van der Waals surface area contributed by atoms with E-state index in [1.807, 2.05) is 30.3 Å². The topological polar surface area (TPSA) is 71.2 Å². The first-order valence-corrected chi connectivity index (χ1v) is 8.64. The van der Waals surface area contributed by atoms with Crippen LogP contribution >= 0.6 is 11.6 Å². The molecule has 0 saturated heterocycles. The number of halogens is 1. The predicted octanol–water partition coefficient (Wildman–Crippen LogP) is 3.09. The van der Waals surface area contributed by atoms with Crippen LogP contribution in [0.5, 0.6) is 5.75 Å². The molecule has 0 fully saturated rings. The van der Waals surface area contributed by atoms with E-state index in [0.29, 0.717) is 41.2 Å². The first-order chi connectivity index (χ1) is 12.6. The Labute approximate surface area is 156 Å². The van der Waals surface area contributed by atoms with Gasteiger partial charge in [-0.25, -0.2) is 0 Å². The van der Waals surface area contributed by atoms with Crippen LogP contribution in [0.2, 0.25) is 5.02 Å². The van der Waals surface area contributed by atoms with Crippen LogP contribution in [0.25, 0.3) is 10.9 Å². The number of hydrogen-bond acceptors (Lipinski definition) is 3. The van der Waals surface area contributed by atoms with Gasteiger partial charge in [0.15, 0.2) is 0 Å². The van der Waals surface area contributed by atoms with Gasteiger partial charge in [0.1, 0.15) is 5.75 Å². The lowest BCUT2D eigenvalue weighted by molar-refractivity contribution is -0.120. The number of amides is 1. The zero-order chi connectivity index (χ0) is 18.5. The van der Waals surface area contributed by atoms with Crippen molar-refractivity contribution in [3.05, 3.63) is 75.0 Å². The molecule has 2 N–H and O–H groups in total. The molecule has 6 heteroatoms. The van der Waals surface area contributed by atoms with E-state index in [1.165, 1.54) is 0 Å². The second kappa shape index (κ2) is 8.06. The molecule has 0 bridgehead atoms. The van der Waals surface area contributed by atoms with E-state index < -0.39 is 0 Å². The maximum absolute atomic E-state index is 12.2. The zero-order valence-electron chi connectivity index (χ0n) is 14.3. The molecule has 134 valence electrons. The minimum Gasteiger partial charge on any atom is -0.495 e. The van der Waals surface area contributed by atoms with Crippen molar-refractivity contribution >= 4 is 28.4 Å². The van der Waals surface area contributed by atoms with Crippen LogP contribution in [0.4, 0.5) is 0 Å². The van der Waals surface area contributed by atoms with Crippen molar-refractivity contribution in [1.82, 2.24) is 10.3 Å². The Balaban J connectivity index is 1.67. The monoisotopic (exact) mass is 370 g/mol. The third-order valence-corrected chi connectivity index (χ3v) is 4.41. The molecule has 1 aromatic heterocycles. The summed E-state index contributed by atoms with van der Waals surface area (Å²) < 4.78 is 5.21. The fourth-order valence-electron chi connectivity index (χ4n) is 2.78. The second-order valence-corrected chi connectivity index (χ2v) is 6.37. The number of aromatic nitrogens is 1. The first kappa shape index (κ1) is 18.0. The summed E-state index contributed by atoms with van der Waals surface area (Å²) in [5.41, 5.74) is 2.02. The fourth-order valence-corrected chi connectivity index (χ4v) is 3.02. The highest BCUT2D eigenvalue weighted by atomic mass is 35.5. The van der Waals surface area contributed by atoms with Gasteiger partial charge in [-0.3, -0.25) is 9.59 Å². The summed E-state index contributed by atoms with van der Waals surface area (Å²) in [6.07, 6.45) is 0.765. The number of rotatable bonds is 6. The number of nitrogens with one attached hydrogen (secondary N) is 2. The van der Waals surface area contributed by atoms with Crippen LogP contribution in [0.3, 0.4) is 0 Å². The lowest BCUT2D eigenvalue weighted by Gasteiger charge is -2.08. The number of hydrogen-bond donors (Lipinski definition) is 2. The van der Waals surface area contributed by atoms with Gasteiger partial charge in [0, 0.05) is 17.5 Å². The lowest BCUT2D eigenvalue weighted by atomic mass is 10.1. The van der Waals surface area contributed by atoms with E-state index in [2.05, 4.69) is 10.3 Å². The molecule has 0 spiro atoms. The summed E-state index contributed by atoms with van der Waals surface area (Å²) in [5.74, 6) is 0.482. The molecule has 0 aliphatic rings. The Morgan fingerprint density at radius 1 is 1.19 bits per heavy atom. The van der Waals surface area contributed by atoms with Gasteiger partial charge in [0.25, 0.3) is 5.56 Å². The number of pyridine rings is 1. The highest BCUT2D eigenvalue weighted by molar-refractivity contribution is 6.32. The Bertz CT molecular complexity index is 984. The molecule has 0 saturated carbocycles. The fraction of sp³-hybridized carbons (Fsp3) is 0.200. The molecule has 0 atom stereocenters. The molecule has 0 unspecified atom stereocenters. The zero-order valence-corrected chi connectivity index (χ0v) is 15.1. The van der Waals surface area contributed by atoms with Gasteiger partial charge in [0.2, 0.25) is 5.91 Å². The van der Waals surface area contributed by atoms with E-state index in [1.54, 1.807) is 25.3 Å². The molecule has 5 nitrogen and oxygen atoms in total. The van der Waals surface area contributed by atoms with Crippen LogP contribution in [-0.4, -0.2) is 24.5 Å². The van der Waals surface area contributed by atoms with E-state index >= 15 is 0 Å². The van der Waals surface area contributed by atoms with Crippen molar-refractivity contribution in [3.63, 3.8) is 0 Å². The number of carbonyl (C=O) groups is 1. The predicted molar refractivity (Wildman–Crippen MR) is 103 cm³/mol. The Morgan fingerprint density at radius 3 is 2.69 bits per heavy atom. The molecular formula is C20H19ClN2O3. The highest BCUT2D eigenvalue weighted by Crippen LogP contribution is 2.28. The molecule has 3 aromatic rings. The molecule has 0 radical (unpaired) electrons. The highest BCUT2D eigenvalue weighted by Gasteiger charge is 2.08. The molecule has 0 aliphatic carbocycles. The number of carbonyl (C=O) groups excluding carboxylic acids is 1. The van der Waals surface area contributed by atoms with Crippen LogP contribution < -0.4 is 15.6 Å². The summed E-state index contributed by atoms with van der Waals surface area (Å²) in [4.78, 5) is 27.0. The van der Waals surface area contributed by atoms with Crippen molar-refractivity contribution in [2.24, 2.45) is 0 Å². The van der Waals surface area contributed by atoms with Crippen molar-refractivity contribution in [2.75, 3.05) is 13.7 Å². The molecule has 3 rings (SSSR count). The standard InChI is InChI=1S/C20H19ClN2O3/c1-26-18-11-15-10-14(20(25)23-17(15)12-16(18)21)7-8-22-19(24)9-13-5-3-2-4-6-13/h2-6,10-12H,7-9H2,1H3,(H,22,24)(H,23,25). The number of fused-ring (bicyclic) bond motifs is 1. The van der Waals surface area contributed by atoms with Crippen molar-refractivity contribution in [2.45, 2.75) is 12.8 Å². The van der Waals surface area contributed by atoms with Gasteiger partial charge < -0.3 is 15.0 Å². The normalized spacial score (nSPS) is 10.7. The van der Waals surface area contributed by atoms with Gasteiger partial charge in [-0.15, -0.1) is 0 Å². The van der Waals surface area contributed by atoms with Gasteiger partial charge in [-0.2, -0.15) is 0 Å². The Hall–Kier alpha value is -2.79. The van der Waals surface area contributed by atoms with Gasteiger partial charge in [0.05, 0.1) is 24.1 Å². The van der Waals surface area contributed by atoms with E-state index in [9.17, 15) is 9.59 Å². The molecule has 1 heterocycles. The van der Waals surface area contributed by atoms with E-state index in [0.717, 1.165) is 10.9 Å². The number of ether oxygens (including phenoxy) is 1. The molecular weight excluding hydrogens is 352 g/mol. The molecule has 0 aliphatic heterocycles. The van der Waals surface area contributed by atoms with E-state index in [-0.39, 0.29) is 11.5 Å². The number of H-pyrrole nitrogens is 1. The third kappa shape index (κ3) is 4.24. The third-order valence-electron chi connectivity index (χ3n) is 4.12. The number of benzene rings is 2. The van der Waals surface area contributed by atoms with Gasteiger partial charge >= 0.3 is 0 Å². The molecule has 2 aromatic carbocycles. The lowest BCUT2D eigenvalue weighted by Crippen LogP contribution is -2.28. The summed E-state index contributed by atoms with van der Waals surface area (Å²) >= 11 is 6.09. The quantitative estimate of drug-likeness (QED) is 0.700. The van der Waals surface area contributed by atoms with E-state index in [4.69, 9.17) is 16.3 Å².